The predicted molar refractivity (Wildman–Crippen MR) is 97.5 cm³/mol. The van der Waals surface area contributed by atoms with Crippen molar-refractivity contribution in [1.29, 1.82) is 0 Å². The highest BCUT2D eigenvalue weighted by Gasteiger charge is 2.26. The molecule has 0 radical (unpaired) electrons. The average Bonchev–Trinajstić information content (AvgIpc) is 2.48. The van der Waals surface area contributed by atoms with Crippen LogP contribution in [0.2, 0.25) is 0 Å². The Balaban J connectivity index is 2.59. The molecule has 1 aromatic carbocycles. The van der Waals surface area contributed by atoms with E-state index in [1.165, 1.54) is 0 Å². The molecule has 1 rings (SSSR count). The molecule has 0 bridgehead atoms. The van der Waals surface area contributed by atoms with E-state index >= 15 is 0 Å². The number of benzene rings is 1. The summed E-state index contributed by atoms with van der Waals surface area (Å²) in [5.41, 5.74) is 2.03. The highest BCUT2D eigenvalue weighted by atomic mass is 32.2. The molecular formula is C16H27BN2O4S. The van der Waals surface area contributed by atoms with Gasteiger partial charge in [-0.3, -0.25) is 4.79 Å². The Morgan fingerprint density at radius 1 is 1.29 bits per heavy atom. The Morgan fingerprint density at radius 2 is 1.88 bits per heavy atom. The summed E-state index contributed by atoms with van der Waals surface area (Å²) in [6.07, 6.45) is 2.06. The Morgan fingerprint density at radius 3 is 2.33 bits per heavy atom. The molecule has 1 aromatic rings. The van der Waals surface area contributed by atoms with Crippen molar-refractivity contribution < 1.29 is 19.1 Å². The van der Waals surface area contributed by atoms with Crippen LogP contribution >= 0.6 is 0 Å². The van der Waals surface area contributed by atoms with E-state index in [1.807, 2.05) is 45.0 Å². The van der Waals surface area contributed by atoms with Gasteiger partial charge < -0.3 is 15.4 Å². The van der Waals surface area contributed by atoms with Crippen molar-refractivity contribution >= 4 is 24.0 Å². The van der Waals surface area contributed by atoms with Crippen LogP contribution in [-0.2, 0) is 22.2 Å². The SMILES string of the molecule is Cc1ccc(CC(NC(=O)CCN(C(C)C)S(C)=O)B(O)O)cc1. The van der Waals surface area contributed by atoms with Crippen molar-refractivity contribution in [2.45, 2.75) is 45.6 Å². The Kier molecular flexibility index (Phi) is 8.62. The number of carbonyl (C=O) groups is 1. The van der Waals surface area contributed by atoms with Gasteiger partial charge in [-0.15, -0.1) is 0 Å². The number of carbonyl (C=O) groups excluding carboxylic acids is 1. The number of hydrogen-bond acceptors (Lipinski definition) is 4. The van der Waals surface area contributed by atoms with Crippen molar-refractivity contribution in [3.05, 3.63) is 35.4 Å². The molecule has 2 unspecified atom stereocenters. The molecule has 6 nitrogen and oxygen atoms in total. The van der Waals surface area contributed by atoms with Gasteiger partial charge in [-0.25, -0.2) is 8.51 Å². The molecule has 134 valence electrons. The van der Waals surface area contributed by atoms with Crippen LogP contribution in [0.1, 0.15) is 31.4 Å². The third-order valence-corrected chi connectivity index (χ3v) is 5.01. The van der Waals surface area contributed by atoms with Gasteiger partial charge in [-0.2, -0.15) is 0 Å². The Hall–Kier alpha value is -1.22. The molecule has 2 atom stereocenters. The lowest BCUT2D eigenvalue weighted by atomic mass is 9.76. The number of nitrogens with one attached hydrogen (secondary N) is 1. The molecule has 0 heterocycles. The van der Waals surface area contributed by atoms with Crippen molar-refractivity contribution in [3.63, 3.8) is 0 Å². The summed E-state index contributed by atoms with van der Waals surface area (Å²) < 4.78 is 13.3. The standard InChI is InChI=1S/C16H27BN2O4S/c1-12(2)19(24(4)23)10-9-16(20)18-15(17(21)22)11-14-7-5-13(3)6-8-14/h5-8,12,15,21-22H,9-11H2,1-4H3,(H,18,20). The van der Waals surface area contributed by atoms with E-state index in [-0.39, 0.29) is 18.4 Å². The fraction of sp³-hybridized carbons (Fsp3) is 0.562. The van der Waals surface area contributed by atoms with Gasteiger partial charge in [0.05, 0.1) is 16.9 Å². The van der Waals surface area contributed by atoms with E-state index in [2.05, 4.69) is 5.32 Å². The van der Waals surface area contributed by atoms with Crippen molar-refractivity contribution in [2.75, 3.05) is 12.8 Å². The number of aryl methyl sites for hydroxylation is 1. The zero-order chi connectivity index (χ0) is 18.3. The summed E-state index contributed by atoms with van der Waals surface area (Å²) >= 11 is 0. The van der Waals surface area contributed by atoms with Crippen LogP contribution in [0.3, 0.4) is 0 Å². The lowest BCUT2D eigenvalue weighted by Gasteiger charge is -2.24. The van der Waals surface area contributed by atoms with Crippen LogP contribution in [0.4, 0.5) is 0 Å². The largest absolute Gasteiger partial charge is 0.475 e. The second kappa shape index (κ2) is 9.93. The number of rotatable bonds is 9. The summed E-state index contributed by atoms with van der Waals surface area (Å²) in [5.74, 6) is -1.07. The fourth-order valence-corrected chi connectivity index (χ4v) is 3.33. The predicted octanol–water partition coefficient (Wildman–Crippen LogP) is 0.428. The maximum Gasteiger partial charge on any atom is 0.475 e. The zero-order valence-electron chi connectivity index (χ0n) is 14.7. The third kappa shape index (κ3) is 7.13. The van der Waals surface area contributed by atoms with E-state index in [0.29, 0.717) is 13.0 Å². The first-order valence-electron chi connectivity index (χ1n) is 8.02. The van der Waals surface area contributed by atoms with Crippen molar-refractivity contribution in [3.8, 4) is 0 Å². The van der Waals surface area contributed by atoms with Crippen LogP contribution < -0.4 is 5.32 Å². The highest BCUT2D eigenvalue weighted by molar-refractivity contribution is 7.81. The first-order chi connectivity index (χ1) is 11.2. The van der Waals surface area contributed by atoms with E-state index in [1.54, 1.807) is 10.6 Å². The maximum atomic E-state index is 12.1. The van der Waals surface area contributed by atoms with Crippen LogP contribution in [-0.4, -0.2) is 56.4 Å². The van der Waals surface area contributed by atoms with Crippen molar-refractivity contribution in [1.82, 2.24) is 9.62 Å². The molecule has 24 heavy (non-hydrogen) atoms. The van der Waals surface area contributed by atoms with Crippen molar-refractivity contribution in [2.24, 2.45) is 0 Å². The summed E-state index contributed by atoms with van der Waals surface area (Å²) in [7, 11) is -2.79. The summed E-state index contributed by atoms with van der Waals surface area (Å²) in [4.78, 5) is 12.1. The molecular weight excluding hydrogens is 327 g/mol. The van der Waals surface area contributed by atoms with Gasteiger partial charge in [-0.05, 0) is 32.8 Å². The monoisotopic (exact) mass is 354 g/mol. The van der Waals surface area contributed by atoms with Gasteiger partial charge in [-0.1, -0.05) is 29.8 Å². The molecule has 0 saturated carbocycles. The minimum Gasteiger partial charge on any atom is -0.426 e. The molecule has 0 saturated heterocycles. The smallest absolute Gasteiger partial charge is 0.426 e. The van der Waals surface area contributed by atoms with Gasteiger partial charge in [0.15, 0.2) is 0 Å². The second-order valence-electron chi connectivity index (χ2n) is 6.19. The zero-order valence-corrected chi connectivity index (χ0v) is 15.5. The molecule has 0 fully saturated rings. The Bertz CT molecular complexity index is 552. The lowest BCUT2D eigenvalue weighted by molar-refractivity contribution is -0.121. The fourth-order valence-electron chi connectivity index (χ4n) is 2.38. The third-order valence-electron chi connectivity index (χ3n) is 3.75. The second-order valence-corrected chi connectivity index (χ2v) is 7.50. The van der Waals surface area contributed by atoms with Gasteiger partial charge >= 0.3 is 7.12 Å². The number of nitrogens with zero attached hydrogens (tertiary/aromatic N) is 1. The average molecular weight is 354 g/mol. The van der Waals surface area contributed by atoms with E-state index in [4.69, 9.17) is 0 Å². The summed E-state index contributed by atoms with van der Waals surface area (Å²) in [6, 6.07) is 7.75. The molecule has 0 aliphatic carbocycles. The van der Waals surface area contributed by atoms with Crippen LogP contribution in [0.15, 0.2) is 24.3 Å². The van der Waals surface area contributed by atoms with E-state index in [9.17, 15) is 19.1 Å². The number of amides is 1. The number of hydrogen-bond donors (Lipinski definition) is 3. The first kappa shape index (κ1) is 20.8. The Labute approximate surface area is 147 Å². The summed E-state index contributed by atoms with van der Waals surface area (Å²) in [6.45, 7) is 6.15. The van der Waals surface area contributed by atoms with Gasteiger partial charge in [0.1, 0.15) is 0 Å². The molecule has 0 aliphatic heterocycles. The first-order valence-corrected chi connectivity index (χ1v) is 9.53. The van der Waals surface area contributed by atoms with E-state index < -0.39 is 24.0 Å². The van der Waals surface area contributed by atoms with Gasteiger partial charge in [0, 0.05) is 25.3 Å². The minimum atomic E-state index is -1.64. The van der Waals surface area contributed by atoms with Crippen LogP contribution in [0, 0.1) is 6.92 Å². The normalized spacial score (nSPS) is 13.8. The molecule has 3 N–H and O–H groups in total. The molecule has 0 aromatic heterocycles. The van der Waals surface area contributed by atoms with Gasteiger partial charge in [0.2, 0.25) is 5.91 Å². The van der Waals surface area contributed by atoms with Crippen LogP contribution in [0.25, 0.3) is 0 Å². The highest BCUT2D eigenvalue weighted by Crippen LogP contribution is 2.08. The topological polar surface area (TPSA) is 89.9 Å². The minimum absolute atomic E-state index is 0.0652. The maximum absolute atomic E-state index is 12.1. The van der Waals surface area contributed by atoms with Gasteiger partial charge in [0.25, 0.3) is 0 Å². The molecule has 0 aliphatic rings. The molecule has 8 heteroatoms. The van der Waals surface area contributed by atoms with Crippen LogP contribution in [0.5, 0.6) is 0 Å². The van der Waals surface area contributed by atoms with E-state index in [0.717, 1.165) is 11.1 Å². The quantitative estimate of drug-likeness (QED) is 0.561. The summed E-state index contributed by atoms with van der Waals surface area (Å²) in [5, 5.41) is 21.7. The molecule has 0 spiro atoms. The lowest BCUT2D eigenvalue weighted by Crippen LogP contribution is -2.48. The molecule has 1 amide bonds.